The van der Waals surface area contributed by atoms with Gasteiger partial charge >= 0.3 is 18.1 Å². The number of β-amino-alcohol motifs (C(OH)–C–C–N with tert-alkyl or cyclic N) is 2. The van der Waals surface area contributed by atoms with E-state index < -0.39 is 33.6 Å². The third-order valence-corrected chi connectivity index (χ3v) is 24.4. The number of aliphatic hydroxyl groups is 2. The Morgan fingerprint density at radius 1 is 0.500 bits per heavy atom. The topological polar surface area (TPSA) is 181 Å². The summed E-state index contributed by atoms with van der Waals surface area (Å²) in [4.78, 5) is 76.2. The second-order valence-electron chi connectivity index (χ2n) is 32.0. The van der Waals surface area contributed by atoms with Crippen LogP contribution in [0.2, 0.25) is 0 Å². The van der Waals surface area contributed by atoms with Crippen LogP contribution in [-0.2, 0) is 21.4 Å². The highest BCUT2D eigenvalue weighted by molar-refractivity contribution is 5.83. The molecule has 3 aromatic carbocycles. The van der Waals surface area contributed by atoms with Gasteiger partial charge in [0.15, 0.2) is 0 Å². The van der Waals surface area contributed by atoms with Gasteiger partial charge in [0.1, 0.15) is 0 Å². The molecule has 18 heteroatoms. The van der Waals surface area contributed by atoms with Crippen molar-refractivity contribution in [3.05, 3.63) is 131 Å². The Kier molecular flexibility index (Phi) is 21.2. The molecule has 0 atom stereocenters. The molecule has 0 bridgehead atoms. The van der Waals surface area contributed by atoms with Gasteiger partial charge in [-0.1, -0.05) is 112 Å². The third-order valence-electron chi connectivity index (χ3n) is 24.4. The SMILES string of the molecule is CCN(C)C1(c2ccccc2)CCC2(CC1)CN(CC(C)(C)C(N)=O)C(=O)N2CC1(O)CCC1.[C-]#[N+]C(C)(C)CN1CC2(CCC(c3ccccc3)(N(C)CC)CC2)N(CC2(O)CCC2)C1=O.[C-]#[N+]C(C)(C)CN1CC2(CCC(c3ccccc3)(N(C)CC)CC2)NC1=O. The molecule has 0 radical (unpaired) electrons. The smallest absolute Gasteiger partial charge is 0.321 e. The molecule has 18 nitrogen and oxygen atoms in total. The minimum absolute atomic E-state index is 0.00288. The summed E-state index contributed by atoms with van der Waals surface area (Å²) in [7, 11) is 6.62. The lowest BCUT2D eigenvalue weighted by molar-refractivity contribution is -0.126. The maximum absolute atomic E-state index is 13.7. The third kappa shape index (κ3) is 14.4. The van der Waals surface area contributed by atoms with Crippen molar-refractivity contribution in [2.45, 2.75) is 233 Å². The maximum atomic E-state index is 13.7. The molecule has 5 N–H and O–H groups in total. The van der Waals surface area contributed by atoms with Gasteiger partial charge in [-0.25, -0.2) is 27.5 Å². The number of rotatable bonds is 20. The van der Waals surface area contributed by atoms with E-state index in [4.69, 9.17) is 18.9 Å². The van der Waals surface area contributed by atoms with Crippen molar-refractivity contribution < 1.29 is 29.4 Å². The summed E-state index contributed by atoms with van der Waals surface area (Å²) in [5.41, 5.74) is 5.41. The molecular weight excluding hydrogens is 1180 g/mol. The van der Waals surface area contributed by atoms with E-state index in [9.17, 15) is 29.4 Å². The minimum Gasteiger partial charge on any atom is -0.388 e. The predicted octanol–water partition coefficient (Wildman–Crippen LogP) is 11.7. The molecule has 5 saturated carbocycles. The van der Waals surface area contributed by atoms with Crippen molar-refractivity contribution in [1.29, 1.82) is 0 Å². The lowest BCUT2D eigenvalue weighted by Gasteiger charge is -2.53. The molecule has 3 spiro atoms. The van der Waals surface area contributed by atoms with Crippen LogP contribution in [0.3, 0.4) is 0 Å². The molecule has 3 heterocycles. The molecule has 8 fully saturated rings. The van der Waals surface area contributed by atoms with Gasteiger partial charge in [-0.05, 0) is 187 Å². The van der Waals surface area contributed by atoms with E-state index in [1.165, 1.54) is 16.7 Å². The van der Waals surface area contributed by atoms with Crippen LogP contribution < -0.4 is 11.1 Å². The van der Waals surface area contributed by atoms with E-state index in [1.807, 2.05) is 52.2 Å². The summed E-state index contributed by atoms with van der Waals surface area (Å²) >= 11 is 0. The number of nitrogens with one attached hydrogen (secondary N) is 1. The van der Waals surface area contributed by atoms with E-state index in [2.05, 4.69) is 163 Å². The largest absolute Gasteiger partial charge is 0.388 e. The first-order valence-electron chi connectivity index (χ1n) is 35.3. The number of urea groups is 3. The lowest BCUT2D eigenvalue weighted by atomic mass is 9.67. The first-order valence-corrected chi connectivity index (χ1v) is 35.3. The molecule has 3 saturated heterocycles. The summed E-state index contributed by atoms with van der Waals surface area (Å²) < 4.78 is 0. The first kappa shape index (κ1) is 72.0. The second-order valence-corrected chi connectivity index (χ2v) is 32.0. The van der Waals surface area contributed by atoms with Crippen LogP contribution in [0.25, 0.3) is 9.69 Å². The highest BCUT2D eigenvalue weighted by atomic mass is 16.3. The Morgan fingerprint density at radius 3 is 1.12 bits per heavy atom. The molecule has 5 aliphatic carbocycles. The monoisotopic (exact) mass is 1290 g/mol. The zero-order valence-electron chi connectivity index (χ0n) is 59.2. The summed E-state index contributed by atoms with van der Waals surface area (Å²) in [6, 6.07) is 32.2. The van der Waals surface area contributed by atoms with Gasteiger partial charge in [-0.15, -0.1) is 0 Å². The Labute approximate surface area is 563 Å². The Morgan fingerprint density at radius 2 is 0.819 bits per heavy atom. The van der Waals surface area contributed by atoms with Gasteiger partial charge in [0, 0.05) is 70.5 Å². The quantitative estimate of drug-likeness (QED) is 0.0801. The van der Waals surface area contributed by atoms with E-state index in [0.29, 0.717) is 52.4 Å². The Balaban J connectivity index is 0.000000167. The van der Waals surface area contributed by atoms with Crippen LogP contribution in [0.5, 0.6) is 0 Å². The number of carbonyl (C=O) groups excluding carboxylic acids is 4. The zero-order valence-corrected chi connectivity index (χ0v) is 59.2. The summed E-state index contributed by atoms with van der Waals surface area (Å²) in [6.45, 7) is 39.6. The van der Waals surface area contributed by atoms with Crippen LogP contribution in [0, 0.1) is 18.6 Å². The van der Waals surface area contributed by atoms with Crippen LogP contribution in [0.1, 0.15) is 195 Å². The van der Waals surface area contributed by atoms with E-state index in [0.717, 1.165) is 135 Å². The zero-order chi connectivity index (χ0) is 68.4. The fourth-order valence-corrected chi connectivity index (χ4v) is 17.4. The molecule has 0 aromatic heterocycles. The maximum Gasteiger partial charge on any atom is 0.321 e. The summed E-state index contributed by atoms with van der Waals surface area (Å²) in [5, 5.41) is 25.3. The van der Waals surface area contributed by atoms with Crippen molar-refractivity contribution >= 4 is 24.0 Å². The van der Waals surface area contributed by atoms with E-state index in [-0.39, 0.29) is 51.3 Å². The molecule has 0 unspecified atom stereocenters. The lowest BCUT2D eigenvalue weighted by Crippen LogP contribution is -2.59. The highest BCUT2D eigenvalue weighted by Crippen LogP contribution is 2.53. The highest BCUT2D eigenvalue weighted by Gasteiger charge is 2.60. The van der Waals surface area contributed by atoms with Gasteiger partial charge in [0.25, 0.3) is 0 Å². The van der Waals surface area contributed by atoms with E-state index in [1.54, 1.807) is 13.8 Å². The number of nitrogens with two attached hydrogens (primary N) is 1. The van der Waals surface area contributed by atoms with Crippen molar-refractivity contribution in [2.75, 3.05) is 93.1 Å². The van der Waals surface area contributed by atoms with Gasteiger partial charge in [-0.3, -0.25) is 19.5 Å². The van der Waals surface area contributed by atoms with Crippen LogP contribution >= 0.6 is 0 Å². The molecule has 3 aromatic rings. The molecule has 514 valence electrons. The first-order chi connectivity index (χ1) is 44.3. The Bertz CT molecular complexity index is 3180. The number of nitrogens with zero attached hydrogens (tertiary/aromatic N) is 10. The van der Waals surface area contributed by atoms with Crippen molar-refractivity contribution in [1.82, 2.24) is 44.5 Å². The average Bonchev–Trinajstić information content (AvgIpc) is 1.51. The molecule has 94 heavy (non-hydrogen) atoms. The van der Waals surface area contributed by atoms with Crippen LogP contribution in [0.4, 0.5) is 14.4 Å². The van der Waals surface area contributed by atoms with Gasteiger partial charge in [-0.2, -0.15) is 0 Å². The van der Waals surface area contributed by atoms with Crippen molar-refractivity contribution in [2.24, 2.45) is 11.1 Å². The number of carbonyl (C=O) groups is 4. The minimum atomic E-state index is -0.800. The summed E-state index contributed by atoms with van der Waals surface area (Å²) in [5.74, 6) is -0.401. The van der Waals surface area contributed by atoms with Gasteiger partial charge < -0.3 is 55.5 Å². The fourth-order valence-electron chi connectivity index (χ4n) is 17.4. The fraction of sp³-hybridized carbons (Fsp3) is 0.684. The predicted molar refractivity (Wildman–Crippen MR) is 372 cm³/mol. The number of primary amides is 1. The molecule has 11 rings (SSSR count). The Hall–Kier alpha value is -6.28. The number of hydrogen-bond donors (Lipinski definition) is 4. The van der Waals surface area contributed by atoms with Crippen LogP contribution in [-0.4, -0.2) is 205 Å². The van der Waals surface area contributed by atoms with Crippen molar-refractivity contribution in [3.8, 4) is 0 Å². The molecule has 7 amide bonds. The number of hydrogen-bond acceptors (Lipinski definition) is 9. The van der Waals surface area contributed by atoms with Gasteiger partial charge in [0.05, 0.1) is 59.4 Å². The van der Waals surface area contributed by atoms with Gasteiger partial charge in [0.2, 0.25) is 17.0 Å². The molecular formula is C76H114N12O6. The van der Waals surface area contributed by atoms with E-state index >= 15 is 0 Å². The molecule has 8 aliphatic rings. The number of amides is 7. The van der Waals surface area contributed by atoms with Crippen molar-refractivity contribution in [3.63, 3.8) is 0 Å². The average molecular weight is 1290 g/mol. The number of benzene rings is 3. The summed E-state index contributed by atoms with van der Waals surface area (Å²) in [6.07, 6.45) is 16.4. The normalized spacial score (nSPS) is 29.0. The second kappa shape index (κ2) is 27.7. The molecule has 3 aliphatic heterocycles. The standard InChI is InChI=1S/C27H42N4O3.C27H40N4O2.C22H32N4O/c1-5-29(4)27(21-10-7-6-8-11-21)16-14-25(15-17-27)19-30(18-24(2,3)22(28)32)23(33)31(25)20-26(34)12-9-13-26;1-6-29(5)27(22-11-8-7-9-12-22)17-15-25(16-18-27)20-30(19-24(2,3)28-4)23(32)31(25)21-26(33)13-10-14-26;1-6-25(5)22(18-10-8-7-9-11-18)14-12-21(13-15-22)17-26(19(27)24-21)16-20(2,3)23-4/h6-8,10-11,34H,5,9,12-20H2,1-4H3,(H2,28,32);7-9,11-12,33H,6,10,13-21H2,1-3,5H3;7-11H,6,12-17H2,1-3,5H3,(H,24,27). The van der Waals surface area contributed by atoms with Crippen LogP contribution in [0.15, 0.2) is 91.0 Å².